The highest BCUT2D eigenvalue weighted by Crippen LogP contribution is 2.09. The molecule has 0 radical (unpaired) electrons. The van der Waals surface area contributed by atoms with Gasteiger partial charge in [0.05, 0.1) is 0 Å². The van der Waals surface area contributed by atoms with Crippen LogP contribution in [0.4, 0.5) is 0 Å². The highest BCUT2D eigenvalue weighted by atomic mass is 16.4. The van der Waals surface area contributed by atoms with Crippen molar-refractivity contribution in [3.05, 3.63) is 30.1 Å². The second-order valence-corrected chi connectivity index (χ2v) is 4.21. The number of carbonyl (C=O) groups excluding carboxylic acids is 1. The lowest BCUT2D eigenvalue weighted by Gasteiger charge is -2.05. The van der Waals surface area contributed by atoms with E-state index < -0.39 is 12.0 Å². The van der Waals surface area contributed by atoms with Crippen LogP contribution < -0.4 is 5.73 Å². The summed E-state index contributed by atoms with van der Waals surface area (Å²) in [4.78, 5) is 26.1. The number of rotatable bonds is 8. The lowest BCUT2D eigenvalue weighted by atomic mass is 10.0. The van der Waals surface area contributed by atoms with Crippen molar-refractivity contribution in [2.45, 2.75) is 38.1 Å². The van der Waals surface area contributed by atoms with Crippen LogP contribution in [0.1, 0.15) is 42.5 Å². The molecule has 98 valence electrons. The molecule has 0 saturated heterocycles. The number of unbranched alkanes of at least 4 members (excludes halogenated alkanes) is 2. The molecule has 0 aromatic carbocycles. The quantitative estimate of drug-likeness (QED) is 0.540. The van der Waals surface area contributed by atoms with Gasteiger partial charge in [-0.25, -0.2) is 0 Å². The summed E-state index contributed by atoms with van der Waals surface area (Å²) in [5.74, 6) is -0.896. The highest BCUT2D eigenvalue weighted by Gasteiger charge is 2.10. The van der Waals surface area contributed by atoms with Crippen LogP contribution in [0, 0.1) is 0 Å². The van der Waals surface area contributed by atoms with E-state index in [9.17, 15) is 9.59 Å². The Morgan fingerprint density at radius 1 is 1.33 bits per heavy atom. The van der Waals surface area contributed by atoms with Crippen LogP contribution in [0.15, 0.2) is 24.5 Å². The van der Waals surface area contributed by atoms with Gasteiger partial charge in [0.1, 0.15) is 6.04 Å². The Labute approximate surface area is 106 Å². The number of carboxylic acid groups (broad SMARTS) is 1. The van der Waals surface area contributed by atoms with E-state index in [1.54, 1.807) is 24.5 Å². The Balaban J connectivity index is 2.15. The molecule has 1 aromatic rings. The SMILES string of the molecule is N[C@H](CCCCCC(=O)c1cccnc1)C(=O)O. The summed E-state index contributed by atoms with van der Waals surface area (Å²) in [6, 6.07) is 2.69. The number of ketones is 1. The van der Waals surface area contributed by atoms with Crippen molar-refractivity contribution in [3.8, 4) is 0 Å². The Kier molecular flexibility index (Phi) is 6.00. The fourth-order valence-electron chi connectivity index (χ4n) is 1.62. The third-order valence-corrected chi connectivity index (χ3v) is 2.72. The zero-order valence-electron chi connectivity index (χ0n) is 10.2. The van der Waals surface area contributed by atoms with Crippen molar-refractivity contribution in [1.29, 1.82) is 0 Å². The summed E-state index contributed by atoms with van der Waals surface area (Å²) in [6.45, 7) is 0. The largest absolute Gasteiger partial charge is 0.480 e. The first-order chi connectivity index (χ1) is 8.61. The first-order valence-corrected chi connectivity index (χ1v) is 6.03. The number of carboxylic acids is 1. The normalized spacial score (nSPS) is 12.1. The fourth-order valence-corrected chi connectivity index (χ4v) is 1.62. The maximum Gasteiger partial charge on any atom is 0.320 e. The van der Waals surface area contributed by atoms with Gasteiger partial charge >= 0.3 is 5.97 Å². The van der Waals surface area contributed by atoms with Gasteiger partial charge in [-0.2, -0.15) is 0 Å². The molecule has 5 nitrogen and oxygen atoms in total. The number of aliphatic carboxylic acids is 1. The van der Waals surface area contributed by atoms with Crippen LogP contribution in [0.2, 0.25) is 0 Å². The van der Waals surface area contributed by atoms with E-state index in [2.05, 4.69) is 4.98 Å². The van der Waals surface area contributed by atoms with Crippen LogP contribution in [0.5, 0.6) is 0 Å². The molecule has 18 heavy (non-hydrogen) atoms. The summed E-state index contributed by atoms with van der Waals surface area (Å²) >= 11 is 0. The molecule has 1 aromatic heterocycles. The standard InChI is InChI=1S/C13H18N2O3/c14-11(13(17)18)6-2-1-3-7-12(16)10-5-4-8-15-9-10/h4-5,8-9,11H,1-3,6-7,14H2,(H,17,18)/t11-/m1/s1. The molecule has 0 saturated carbocycles. The van der Waals surface area contributed by atoms with E-state index >= 15 is 0 Å². The second-order valence-electron chi connectivity index (χ2n) is 4.21. The number of carbonyl (C=O) groups is 2. The van der Waals surface area contributed by atoms with E-state index in [0.29, 0.717) is 18.4 Å². The van der Waals surface area contributed by atoms with Gasteiger partial charge in [-0.1, -0.05) is 12.8 Å². The molecule has 0 aliphatic carbocycles. The first kappa shape index (κ1) is 14.3. The third kappa shape index (κ3) is 5.05. The number of aromatic nitrogens is 1. The Morgan fingerprint density at radius 3 is 2.72 bits per heavy atom. The Bertz CT molecular complexity index is 392. The van der Waals surface area contributed by atoms with Gasteiger partial charge in [0, 0.05) is 24.4 Å². The number of pyridine rings is 1. The Morgan fingerprint density at radius 2 is 2.11 bits per heavy atom. The number of hydrogen-bond acceptors (Lipinski definition) is 4. The predicted molar refractivity (Wildman–Crippen MR) is 67.3 cm³/mol. The smallest absolute Gasteiger partial charge is 0.320 e. The summed E-state index contributed by atoms with van der Waals surface area (Å²) < 4.78 is 0. The number of hydrogen-bond donors (Lipinski definition) is 2. The van der Waals surface area contributed by atoms with Crippen LogP contribution in [-0.2, 0) is 4.79 Å². The topological polar surface area (TPSA) is 93.3 Å². The maximum absolute atomic E-state index is 11.7. The van der Waals surface area contributed by atoms with E-state index in [-0.39, 0.29) is 5.78 Å². The minimum Gasteiger partial charge on any atom is -0.480 e. The van der Waals surface area contributed by atoms with Crippen LogP contribution in [0.3, 0.4) is 0 Å². The van der Waals surface area contributed by atoms with Crippen molar-refractivity contribution in [2.24, 2.45) is 5.73 Å². The number of nitrogens with two attached hydrogens (primary N) is 1. The van der Waals surface area contributed by atoms with Crippen molar-refractivity contribution in [3.63, 3.8) is 0 Å². The van der Waals surface area contributed by atoms with Gasteiger partial charge in [-0.05, 0) is 25.0 Å². The van der Waals surface area contributed by atoms with Gasteiger partial charge < -0.3 is 10.8 Å². The van der Waals surface area contributed by atoms with Crippen molar-refractivity contribution in [2.75, 3.05) is 0 Å². The molecular formula is C13H18N2O3. The van der Waals surface area contributed by atoms with Gasteiger partial charge in [0.15, 0.2) is 5.78 Å². The molecule has 0 aliphatic rings. The van der Waals surface area contributed by atoms with Crippen molar-refractivity contribution >= 4 is 11.8 Å². The molecule has 0 amide bonds. The van der Waals surface area contributed by atoms with Crippen molar-refractivity contribution < 1.29 is 14.7 Å². The van der Waals surface area contributed by atoms with Gasteiger partial charge in [0.2, 0.25) is 0 Å². The van der Waals surface area contributed by atoms with Crippen LogP contribution >= 0.6 is 0 Å². The minimum atomic E-state index is -0.971. The molecule has 0 unspecified atom stereocenters. The molecule has 5 heteroatoms. The van der Waals surface area contributed by atoms with E-state index in [4.69, 9.17) is 10.8 Å². The molecule has 1 atom stereocenters. The average Bonchev–Trinajstić information content (AvgIpc) is 2.38. The maximum atomic E-state index is 11.7. The fraction of sp³-hybridized carbons (Fsp3) is 0.462. The molecule has 3 N–H and O–H groups in total. The van der Waals surface area contributed by atoms with E-state index in [0.717, 1.165) is 19.3 Å². The molecule has 0 fully saturated rings. The Hall–Kier alpha value is -1.75. The molecular weight excluding hydrogens is 232 g/mol. The average molecular weight is 250 g/mol. The molecule has 1 heterocycles. The predicted octanol–water partition coefficient (Wildman–Crippen LogP) is 1.63. The summed E-state index contributed by atoms with van der Waals surface area (Å²) in [5, 5.41) is 8.59. The first-order valence-electron chi connectivity index (χ1n) is 6.03. The zero-order chi connectivity index (χ0) is 13.4. The van der Waals surface area contributed by atoms with Crippen molar-refractivity contribution in [1.82, 2.24) is 4.98 Å². The zero-order valence-corrected chi connectivity index (χ0v) is 10.2. The van der Waals surface area contributed by atoms with E-state index in [1.165, 1.54) is 0 Å². The van der Waals surface area contributed by atoms with Gasteiger partial charge in [-0.3, -0.25) is 14.6 Å². The third-order valence-electron chi connectivity index (χ3n) is 2.72. The lowest BCUT2D eigenvalue weighted by Crippen LogP contribution is -2.29. The number of nitrogens with zero attached hydrogens (tertiary/aromatic N) is 1. The summed E-state index contributed by atoms with van der Waals surface area (Å²) in [6.07, 6.45) is 6.40. The molecule has 0 spiro atoms. The lowest BCUT2D eigenvalue weighted by molar-refractivity contribution is -0.138. The summed E-state index contributed by atoms with van der Waals surface area (Å²) in [5.41, 5.74) is 6.00. The minimum absolute atomic E-state index is 0.0747. The highest BCUT2D eigenvalue weighted by molar-refractivity contribution is 5.95. The summed E-state index contributed by atoms with van der Waals surface area (Å²) in [7, 11) is 0. The molecule has 0 bridgehead atoms. The second kappa shape index (κ2) is 7.55. The molecule has 0 aliphatic heterocycles. The van der Waals surface area contributed by atoms with E-state index in [1.807, 2.05) is 0 Å². The van der Waals surface area contributed by atoms with Gasteiger partial charge in [0.25, 0.3) is 0 Å². The monoisotopic (exact) mass is 250 g/mol. The van der Waals surface area contributed by atoms with Gasteiger partial charge in [-0.15, -0.1) is 0 Å². The van der Waals surface area contributed by atoms with Crippen LogP contribution in [0.25, 0.3) is 0 Å². The molecule has 1 rings (SSSR count). The van der Waals surface area contributed by atoms with Crippen LogP contribution in [-0.4, -0.2) is 27.9 Å². The number of Topliss-reactive ketones (excluding diaryl/α,β-unsaturated/α-hetero) is 1.